The molecule has 3 aromatic carbocycles. The van der Waals surface area contributed by atoms with E-state index in [0.717, 1.165) is 24.3 Å². The number of hydrogen-bond donors (Lipinski definition) is 4. The van der Waals surface area contributed by atoms with Crippen molar-refractivity contribution in [3.05, 3.63) is 112 Å². The molecule has 4 amide bonds. The Bertz CT molecular complexity index is 1700. The Morgan fingerprint density at radius 3 is 2.05 bits per heavy atom. The van der Waals surface area contributed by atoms with Crippen molar-refractivity contribution in [2.24, 2.45) is 0 Å². The van der Waals surface area contributed by atoms with Crippen LogP contribution in [0.4, 0.5) is 42.5 Å². The number of nitrogens with zero attached hydrogens (tertiary/aromatic N) is 1. The van der Waals surface area contributed by atoms with E-state index in [0.29, 0.717) is 12.1 Å². The second-order valence-corrected chi connectivity index (χ2v) is 9.17. The first-order chi connectivity index (χ1) is 20.7. The molecule has 0 atom stereocenters. The highest BCUT2D eigenvalue weighted by atomic mass is 35.5. The van der Waals surface area contributed by atoms with Gasteiger partial charge in [0.1, 0.15) is 17.2 Å². The van der Waals surface area contributed by atoms with Gasteiger partial charge in [-0.3, -0.25) is 25.4 Å². The van der Waals surface area contributed by atoms with E-state index in [9.17, 15) is 40.7 Å². The van der Waals surface area contributed by atoms with Crippen LogP contribution in [0.15, 0.2) is 85.1 Å². The van der Waals surface area contributed by atoms with E-state index < -0.39 is 46.3 Å². The largest absolute Gasteiger partial charge is 0.457 e. The molecule has 4 aromatic rings. The van der Waals surface area contributed by atoms with Crippen molar-refractivity contribution in [2.45, 2.75) is 12.4 Å². The molecule has 0 saturated heterocycles. The molecule has 4 N–H and O–H groups in total. The molecule has 1 aromatic heterocycles. The third-order valence-electron chi connectivity index (χ3n) is 5.58. The smallest absolute Gasteiger partial charge is 0.417 e. The minimum atomic E-state index is -4.70. The molecule has 0 spiro atoms. The molecule has 0 radical (unpaired) electrons. The van der Waals surface area contributed by atoms with Crippen molar-refractivity contribution < 1.29 is 45.5 Å². The number of hydrogen-bond acceptors (Lipinski definition) is 5. The summed E-state index contributed by atoms with van der Waals surface area (Å²) in [5, 5.41) is 4.22. The molecule has 16 heteroatoms. The number of ether oxygens (including phenoxy) is 1. The van der Waals surface area contributed by atoms with Crippen molar-refractivity contribution in [3.8, 4) is 11.5 Å². The lowest BCUT2D eigenvalue weighted by Crippen LogP contribution is -2.42. The van der Waals surface area contributed by atoms with E-state index in [1.165, 1.54) is 48.7 Å². The molecular weight excluding hydrogens is 620 g/mol. The van der Waals surface area contributed by atoms with Gasteiger partial charge in [0.25, 0.3) is 11.8 Å². The molecule has 0 aliphatic heterocycles. The summed E-state index contributed by atoms with van der Waals surface area (Å²) in [6.45, 7) is 0. The third kappa shape index (κ3) is 8.38. The summed E-state index contributed by atoms with van der Waals surface area (Å²) in [5.41, 5.74) is 1.54. The summed E-state index contributed by atoms with van der Waals surface area (Å²) in [7, 11) is 0. The van der Waals surface area contributed by atoms with E-state index in [4.69, 9.17) is 16.3 Å². The van der Waals surface area contributed by atoms with Crippen LogP contribution in [0.1, 0.15) is 32.0 Å². The zero-order valence-electron chi connectivity index (χ0n) is 21.8. The topological polar surface area (TPSA) is 121 Å². The minimum Gasteiger partial charge on any atom is -0.457 e. The summed E-state index contributed by atoms with van der Waals surface area (Å²) >= 11 is 5.58. The van der Waals surface area contributed by atoms with E-state index in [-0.39, 0.29) is 34.1 Å². The van der Waals surface area contributed by atoms with Crippen LogP contribution in [0.2, 0.25) is 5.02 Å². The number of rotatable bonds is 6. The van der Waals surface area contributed by atoms with Gasteiger partial charge in [-0.05, 0) is 66.7 Å². The Balaban J connectivity index is 1.32. The number of urea groups is 1. The molecule has 0 unspecified atom stereocenters. The number of amides is 4. The highest BCUT2D eigenvalue weighted by Crippen LogP contribution is 2.36. The molecule has 4 rings (SSSR count). The van der Waals surface area contributed by atoms with E-state index in [2.05, 4.69) is 21.0 Å². The standard InChI is InChI=1S/C28H18ClF6N5O4/c29-22-9-6-18(13-21(22)28(33,34)35)38-26(43)37-17-4-7-19(8-5-17)44-20-10-11-36-23(14-20)25(42)40-39-24(41)15-2-1-3-16(12-15)27(30,31)32/h1-14H,(H,39,41)(H,40,42)(H2,37,38,43). The van der Waals surface area contributed by atoms with Gasteiger partial charge in [0.15, 0.2) is 0 Å². The number of alkyl halides is 6. The predicted molar refractivity (Wildman–Crippen MR) is 146 cm³/mol. The maximum atomic E-state index is 13.0. The molecule has 0 fully saturated rings. The van der Waals surface area contributed by atoms with Gasteiger partial charge < -0.3 is 15.4 Å². The van der Waals surface area contributed by atoms with Crippen LogP contribution in [-0.2, 0) is 12.4 Å². The zero-order valence-corrected chi connectivity index (χ0v) is 22.6. The minimum absolute atomic E-state index is 0.132. The molecule has 0 saturated carbocycles. The number of carbonyl (C=O) groups is 3. The average Bonchev–Trinajstić information content (AvgIpc) is 2.97. The molecule has 44 heavy (non-hydrogen) atoms. The van der Waals surface area contributed by atoms with Gasteiger partial charge in [0, 0.05) is 29.2 Å². The first-order valence-electron chi connectivity index (χ1n) is 12.2. The second kappa shape index (κ2) is 12.9. The van der Waals surface area contributed by atoms with Crippen LogP contribution in [-0.4, -0.2) is 22.8 Å². The highest BCUT2D eigenvalue weighted by Gasteiger charge is 2.33. The molecule has 0 bridgehead atoms. The van der Waals surface area contributed by atoms with Gasteiger partial charge in [-0.25, -0.2) is 4.79 Å². The number of anilines is 2. The van der Waals surface area contributed by atoms with Crippen molar-refractivity contribution in [1.82, 2.24) is 15.8 Å². The van der Waals surface area contributed by atoms with Crippen LogP contribution in [0.3, 0.4) is 0 Å². The fraction of sp³-hybridized carbons (Fsp3) is 0.0714. The van der Waals surface area contributed by atoms with Crippen molar-refractivity contribution in [1.29, 1.82) is 0 Å². The molecule has 228 valence electrons. The molecule has 9 nitrogen and oxygen atoms in total. The lowest BCUT2D eigenvalue weighted by atomic mass is 10.1. The number of nitrogens with one attached hydrogen (secondary N) is 4. The normalized spacial score (nSPS) is 11.3. The Morgan fingerprint density at radius 1 is 0.705 bits per heavy atom. The lowest BCUT2D eigenvalue weighted by molar-refractivity contribution is -0.138. The average molecular weight is 638 g/mol. The predicted octanol–water partition coefficient (Wildman–Crippen LogP) is 7.28. The summed E-state index contributed by atoms with van der Waals surface area (Å²) in [6.07, 6.45) is -8.12. The second-order valence-electron chi connectivity index (χ2n) is 8.76. The summed E-state index contributed by atoms with van der Waals surface area (Å²) in [5.74, 6) is -1.46. The summed E-state index contributed by atoms with van der Waals surface area (Å²) in [4.78, 5) is 40.8. The fourth-order valence-corrected chi connectivity index (χ4v) is 3.77. The van der Waals surface area contributed by atoms with Gasteiger partial charge in [0.2, 0.25) is 0 Å². The van der Waals surface area contributed by atoms with Gasteiger partial charge in [0.05, 0.1) is 16.1 Å². The van der Waals surface area contributed by atoms with Gasteiger partial charge in [-0.1, -0.05) is 17.7 Å². The van der Waals surface area contributed by atoms with Crippen molar-refractivity contribution in [3.63, 3.8) is 0 Å². The number of benzene rings is 3. The van der Waals surface area contributed by atoms with E-state index >= 15 is 0 Å². The maximum absolute atomic E-state index is 13.0. The van der Waals surface area contributed by atoms with E-state index in [1.807, 2.05) is 5.43 Å². The monoisotopic (exact) mass is 637 g/mol. The van der Waals surface area contributed by atoms with Gasteiger partial charge in [-0.2, -0.15) is 26.3 Å². The van der Waals surface area contributed by atoms with Crippen LogP contribution in [0.5, 0.6) is 11.5 Å². The quantitative estimate of drug-likeness (QED) is 0.131. The van der Waals surface area contributed by atoms with Crippen LogP contribution in [0, 0.1) is 0 Å². The van der Waals surface area contributed by atoms with E-state index in [1.54, 1.807) is 0 Å². The Kier molecular flexibility index (Phi) is 9.28. The SMILES string of the molecule is O=C(Nc1ccc(Oc2ccnc(C(=O)NNC(=O)c3cccc(C(F)(F)F)c3)c2)cc1)Nc1ccc(Cl)c(C(F)(F)F)c1. The lowest BCUT2D eigenvalue weighted by Gasteiger charge is -2.13. The van der Waals surface area contributed by atoms with Gasteiger partial charge in [-0.15, -0.1) is 0 Å². The first kappa shape index (κ1) is 31.6. The number of hydrazine groups is 1. The summed E-state index contributed by atoms with van der Waals surface area (Å²) in [6, 6.07) is 14.2. The molecule has 1 heterocycles. The molecule has 0 aliphatic carbocycles. The summed E-state index contributed by atoms with van der Waals surface area (Å²) < 4.78 is 83.4. The molecule has 0 aliphatic rings. The van der Waals surface area contributed by atoms with Crippen LogP contribution >= 0.6 is 11.6 Å². The Morgan fingerprint density at radius 2 is 1.36 bits per heavy atom. The third-order valence-corrected chi connectivity index (χ3v) is 5.91. The van der Waals surface area contributed by atoms with Gasteiger partial charge >= 0.3 is 18.4 Å². The maximum Gasteiger partial charge on any atom is 0.417 e. The number of halogens is 7. The first-order valence-corrected chi connectivity index (χ1v) is 12.5. The number of aromatic nitrogens is 1. The number of carbonyl (C=O) groups excluding carboxylic acids is 3. The number of pyridine rings is 1. The fourth-order valence-electron chi connectivity index (χ4n) is 3.54. The Labute approximate surface area is 249 Å². The van der Waals surface area contributed by atoms with Crippen LogP contribution in [0.25, 0.3) is 0 Å². The Hall–Kier alpha value is -5.31. The molecular formula is C28H18ClF6N5O4. The highest BCUT2D eigenvalue weighted by molar-refractivity contribution is 6.31. The van der Waals surface area contributed by atoms with Crippen molar-refractivity contribution in [2.75, 3.05) is 10.6 Å². The van der Waals surface area contributed by atoms with Crippen molar-refractivity contribution >= 4 is 40.8 Å². The zero-order chi connectivity index (χ0) is 32.1. The van der Waals surface area contributed by atoms with Crippen LogP contribution < -0.4 is 26.2 Å².